The van der Waals surface area contributed by atoms with Gasteiger partial charge in [0.15, 0.2) is 0 Å². The third kappa shape index (κ3) is 8.09. The Bertz CT molecular complexity index is 2570. The minimum atomic E-state index is 0.648. The van der Waals surface area contributed by atoms with Crippen LogP contribution in [0.1, 0.15) is 41.3 Å². The van der Waals surface area contributed by atoms with Gasteiger partial charge in [-0.3, -0.25) is 0 Å². The van der Waals surface area contributed by atoms with E-state index in [-0.39, 0.29) is 0 Å². The first-order chi connectivity index (χ1) is 26.5. The van der Waals surface area contributed by atoms with Crippen LogP contribution in [0.4, 0.5) is 11.4 Å². The quantitative estimate of drug-likeness (QED) is 0.155. The van der Waals surface area contributed by atoms with Gasteiger partial charge in [-0.15, -0.1) is 0 Å². The molecule has 4 nitrogen and oxygen atoms in total. The summed E-state index contributed by atoms with van der Waals surface area (Å²) in [6, 6.07) is 46.2. The molecule has 0 bridgehead atoms. The minimum absolute atomic E-state index is 0.648. The van der Waals surface area contributed by atoms with Gasteiger partial charge in [0.05, 0.1) is 16.9 Å². The standard InChI is InChI=1S/C50H44N4/c1-36-15-10-12-22-45(36)47(46-23-13-11-18-43(46)35-39-16-6-4-7-17-39)24-14-19-41-27-28-42-29-30-48(53-50(42)49(41)51)40-26-25-37(2)54(44-20-8-5-9-21-44)38(3)31-33-52-34-32-40/h4-23,25-34,52H,1,3,24,35,51H2,2H3/b19-14-,33-31-,34-32+,37-25+,40-26+,47-45-. The van der Waals surface area contributed by atoms with Crippen LogP contribution in [0.5, 0.6) is 0 Å². The number of pyridine rings is 1. The maximum atomic E-state index is 6.92. The zero-order valence-corrected chi connectivity index (χ0v) is 30.6. The number of aromatic nitrogens is 1. The van der Waals surface area contributed by atoms with E-state index in [4.69, 9.17) is 10.7 Å². The molecule has 264 valence electrons. The number of nitrogen functional groups attached to an aromatic ring is 1. The van der Waals surface area contributed by atoms with E-state index in [2.05, 4.69) is 158 Å². The van der Waals surface area contributed by atoms with E-state index in [0.717, 1.165) is 61.7 Å². The van der Waals surface area contributed by atoms with E-state index in [1.165, 1.54) is 22.3 Å². The van der Waals surface area contributed by atoms with Gasteiger partial charge in [-0.2, -0.15) is 0 Å². The van der Waals surface area contributed by atoms with Gasteiger partial charge in [-0.1, -0.05) is 147 Å². The SMILES string of the molecule is C=C1/C=C\N/C=C/C(c2ccc3ccc(/C=C\C/C(c4ccccc4Cc4ccccc4)=c4\ccccc4=C)c(N)c3n2)=C\C=C(/C)N1c1ccccc1. The van der Waals surface area contributed by atoms with Gasteiger partial charge < -0.3 is 16.0 Å². The summed E-state index contributed by atoms with van der Waals surface area (Å²) in [5.74, 6) is 0. The van der Waals surface area contributed by atoms with Crippen LogP contribution < -0.4 is 26.4 Å². The molecular formula is C50H44N4. The van der Waals surface area contributed by atoms with E-state index in [1.807, 2.05) is 54.9 Å². The van der Waals surface area contributed by atoms with Crippen LogP contribution in [-0.4, -0.2) is 4.98 Å². The number of hydrogen-bond donors (Lipinski definition) is 2. The topological polar surface area (TPSA) is 54.2 Å². The number of nitrogens with two attached hydrogens (primary N) is 1. The van der Waals surface area contributed by atoms with Gasteiger partial charge in [-0.25, -0.2) is 4.98 Å². The molecule has 5 aromatic carbocycles. The number of fused-ring (bicyclic) bond motifs is 1. The second-order valence-corrected chi connectivity index (χ2v) is 13.3. The van der Waals surface area contributed by atoms with E-state index in [1.54, 1.807) is 0 Å². The van der Waals surface area contributed by atoms with Crippen molar-refractivity contribution < 1.29 is 0 Å². The molecule has 1 aliphatic rings. The molecular weight excluding hydrogens is 657 g/mol. The van der Waals surface area contributed by atoms with E-state index >= 15 is 0 Å². The number of rotatable bonds is 8. The molecule has 0 spiro atoms. The zero-order valence-electron chi connectivity index (χ0n) is 30.6. The third-order valence-corrected chi connectivity index (χ3v) is 9.66. The molecule has 1 aliphatic heterocycles. The fourth-order valence-electron chi connectivity index (χ4n) is 6.90. The smallest absolute Gasteiger partial charge is 0.0944 e. The second-order valence-electron chi connectivity index (χ2n) is 13.3. The molecule has 0 saturated carbocycles. The lowest BCUT2D eigenvalue weighted by molar-refractivity contribution is 1.09. The Balaban J connectivity index is 1.22. The van der Waals surface area contributed by atoms with Gasteiger partial charge in [0.25, 0.3) is 0 Å². The largest absolute Gasteiger partial charge is 0.396 e. The Morgan fingerprint density at radius 1 is 0.759 bits per heavy atom. The van der Waals surface area contributed by atoms with Crippen molar-refractivity contribution in [2.75, 3.05) is 10.6 Å². The van der Waals surface area contributed by atoms with Crippen molar-refractivity contribution >= 4 is 46.1 Å². The Morgan fingerprint density at radius 3 is 2.28 bits per heavy atom. The number of anilines is 2. The lowest BCUT2D eigenvalue weighted by Gasteiger charge is -2.26. The first kappa shape index (κ1) is 35.5. The molecule has 0 fully saturated rings. The predicted octanol–water partition coefficient (Wildman–Crippen LogP) is 10.1. The van der Waals surface area contributed by atoms with Crippen molar-refractivity contribution in [3.63, 3.8) is 0 Å². The minimum Gasteiger partial charge on any atom is -0.396 e. The van der Waals surface area contributed by atoms with Crippen molar-refractivity contribution in [2.24, 2.45) is 0 Å². The van der Waals surface area contributed by atoms with Crippen LogP contribution in [0.15, 0.2) is 194 Å². The summed E-state index contributed by atoms with van der Waals surface area (Å²) >= 11 is 0. The average Bonchev–Trinajstić information content (AvgIpc) is 3.23. The molecule has 0 atom stereocenters. The number of hydrogen-bond acceptors (Lipinski definition) is 4. The third-order valence-electron chi connectivity index (χ3n) is 9.66. The fourth-order valence-corrected chi connectivity index (χ4v) is 6.90. The monoisotopic (exact) mass is 700 g/mol. The fraction of sp³-hybridized carbons (Fsp3) is 0.0600. The molecule has 7 rings (SSSR count). The van der Waals surface area contributed by atoms with Crippen LogP contribution in [0.3, 0.4) is 0 Å². The normalized spacial score (nSPS) is 17.1. The molecule has 54 heavy (non-hydrogen) atoms. The van der Waals surface area contributed by atoms with E-state index < -0.39 is 0 Å². The highest BCUT2D eigenvalue weighted by molar-refractivity contribution is 5.95. The van der Waals surface area contributed by atoms with Gasteiger partial charge >= 0.3 is 0 Å². The molecule has 0 radical (unpaired) electrons. The summed E-state index contributed by atoms with van der Waals surface area (Å²) in [6.07, 6.45) is 17.8. The molecule has 0 unspecified atom stereocenters. The van der Waals surface area contributed by atoms with Gasteiger partial charge in [0, 0.05) is 40.4 Å². The Kier molecular flexibility index (Phi) is 10.9. The van der Waals surface area contributed by atoms with Crippen molar-refractivity contribution in [3.05, 3.63) is 233 Å². The summed E-state index contributed by atoms with van der Waals surface area (Å²) in [6.45, 7) is 10.8. The van der Waals surface area contributed by atoms with Crippen LogP contribution in [0.25, 0.3) is 34.7 Å². The molecule has 4 heteroatoms. The highest BCUT2D eigenvalue weighted by Gasteiger charge is 2.13. The zero-order chi connectivity index (χ0) is 37.3. The molecule has 0 amide bonds. The van der Waals surface area contributed by atoms with Crippen molar-refractivity contribution in [1.29, 1.82) is 0 Å². The van der Waals surface area contributed by atoms with Crippen LogP contribution in [-0.2, 0) is 6.42 Å². The molecule has 2 heterocycles. The van der Waals surface area contributed by atoms with E-state index in [9.17, 15) is 0 Å². The van der Waals surface area contributed by atoms with Crippen LogP contribution >= 0.6 is 0 Å². The van der Waals surface area contributed by atoms with E-state index in [0.29, 0.717) is 12.1 Å². The Morgan fingerprint density at radius 2 is 1.46 bits per heavy atom. The highest BCUT2D eigenvalue weighted by atomic mass is 15.1. The summed E-state index contributed by atoms with van der Waals surface area (Å²) in [7, 11) is 0. The van der Waals surface area contributed by atoms with Crippen LogP contribution in [0, 0.1) is 0 Å². The Hall–Kier alpha value is -6.91. The van der Waals surface area contributed by atoms with Crippen molar-refractivity contribution in [2.45, 2.75) is 19.8 Å². The van der Waals surface area contributed by atoms with Crippen molar-refractivity contribution in [3.8, 4) is 0 Å². The maximum absolute atomic E-state index is 6.92. The first-order valence-corrected chi connectivity index (χ1v) is 18.2. The number of allylic oxidation sites excluding steroid dienone is 7. The maximum Gasteiger partial charge on any atom is 0.0944 e. The predicted molar refractivity (Wildman–Crippen MR) is 230 cm³/mol. The summed E-state index contributed by atoms with van der Waals surface area (Å²) in [5, 5.41) is 6.39. The van der Waals surface area contributed by atoms with Gasteiger partial charge in [-0.05, 0) is 94.5 Å². The molecule has 0 saturated heterocycles. The first-order valence-electron chi connectivity index (χ1n) is 18.2. The average molecular weight is 701 g/mol. The lowest BCUT2D eigenvalue weighted by atomic mass is 9.91. The Labute approximate surface area is 318 Å². The molecule has 3 N–H and O–H groups in total. The summed E-state index contributed by atoms with van der Waals surface area (Å²) < 4.78 is 0. The number of nitrogens with one attached hydrogen (secondary N) is 1. The van der Waals surface area contributed by atoms with Gasteiger partial charge in [0.1, 0.15) is 0 Å². The van der Waals surface area contributed by atoms with Crippen molar-refractivity contribution in [1.82, 2.24) is 10.3 Å². The number of nitrogens with zero attached hydrogens (tertiary/aromatic N) is 2. The molecule has 0 aliphatic carbocycles. The second kappa shape index (κ2) is 16.6. The molecule has 1 aromatic heterocycles. The van der Waals surface area contributed by atoms with Gasteiger partial charge in [0.2, 0.25) is 0 Å². The highest BCUT2D eigenvalue weighted by Crippen LogP contribution is 2.29. The summed E-state index contributed by atoms with van der Waals surface area (Å²) in [5.41, 5.74) is 19.0. The lowest BCUT2D eigenvalue weighted by Crippen LogP contribution is -2.25. The number of benzene rings is 5. The molecule has 6 aromatic rings. The number of para-hydroxylation sites is 1. The van der Waals surface area contributed by atoms with Crippen LogP contribution in [0.2, 0.25) is 0 Å². The summed E-state index contributed by atoms with van der Waals surface area (Å²) in [4.78, 5) is 7.26.